The quantitative estimate of drug-likeness (QED) is 0.780. The molecule has 1 aliphatic rings. The number of ether oxygens (including phenoxy) is 2. The number of carbonyl (C=O) groups is 1. The molecule has 0 saturated carbocycles. The molecule has 5 nitrogen and oxygen atoms in total. The number of hydrogen-bond acceptors (Lipinski definition) is 4. The van der Waals surface area contributed by atoms with Crippen LogP contribution in [0.2, 0.25) is 0 Å². The largest absolute Gasteiger partial charge is 0.486 e. The van der Waals surface area contributed by atoms with Gasteiger partial charge in [-0.1, -0.05) is 24.3 Å². The summed E-state index contributed by atoms with van der Waals surface area (Å²) in [4.78, 5) is 16.4. The SMILES string of the molecule is Cc1ccccc1-c1cc(C(=O)O)c2cc3c(cc2n1)OCCO3. The Hall–Kier alpha value is -3.08. The van der Waals surface area contributed by atoms with E-state index < -0.39 is 5.97 Å². The number of pyridine rings is 1. The molecule has 0 amide bonds. The zero-order valence-electron chi connectivity index (χ0n) is 13.1. The van der Waals surface area contributed by atoms with Gasteiger partial charge in [-0.15, -0.1) is 0 Å². The predicted molar refractivity (Wildman–Crippen MR) is 89.9 cm³/mol. The molecule has 0 spiro atoms. The average Bonchev–Trinajstić information content (AvgIpc) is 2.59. The Labute approximate surface area is 138 Å². The normalized spacial score (nSPS) is 13.0. The van der Waals surface area contributed by atoms with Crippen LogP contribution in [0.25, 0.3) is 22.2 Å². The van der Waals surface area contributed by atoms with Crippen LogP contribution in [0.5, 0.6) is 11.5 Å². The highest BCUT2D eigenvalue weighted by Gasteiger charge is 2.19. The molecule has 1 aliphatic heterocycles. The van der Waals surface area contributed by atoms with E-state index in [1.54, 1.807) is 18.2 Å². The third kappa shape index (κ3) is 2.34. The van der Waals surface area contributed by atoms with Gasteiger partial charge in [0.25, 0.3) is 0 Å². The Balaban J connectivity index is 2.01. The second-order valence-electron chi connectivity index (χ2n) is 5.69. The lowest BCUT2D eigenvalue weighted by Crippen LogP contribution is -2.15. The maximum atomic E-state index is 11.8. The summed E-state index contributed by atoms with van der Waals surface area (Å²) >= 11 is 0. The Kier molecular flexibility index (Phi) is 3.34. The Bertz CT molecular complexity index is 965. The Morgan fingerprint density at radius 2 is 1.79 bits per heavy atom. The summed E-state index contributed by atoms with van der Waals surface area (Å²) in [7, 11) is 0. The minimum atomic E-state index is -0.992. The lowest BCUT2D eigenvalue weighted by atomic mass is 10.0. The number of aromatic carboxylic acids is 1. The molecule has 5 heteroatoms. The summed E-state index contributed by atoms with van der Waals surface area (Å²) < 4.78 is 11.1. The number of rotatable bonds is 2. The van der Waals surface area contributed by atoms with Crippen LogP contribution in [0.1, 0.15) is 15.9 Å². The maximum absolute atomic E-state index is 11.8. The molecule has 3 aromatic rings. The van der Waals surface area contributed by atoms with E-state index in [4.69, 9.17) is 9.47 Å². The second kappa shape index (κ2) is 5.53. The third-order valence-corrected chi connectivity index (χ3v) is 4.12. The van der Waals surface area contributed by atoms with E-state index in [1.165, 1.54) is 0 Å². The van der Waals surface area contributed by atoms with E-state index in [2.05, 4.69) is 4.98 Å². The number of carboxylic acids is 1. The topological polar surface area (TPSA) is 68.7 Å². The van der Waals surface area contributed by atoms with Crippen LogP contribution in [-0.2, 0) is 0 Å². The highest BCUT2D eigenvalue weighted by atomic mass is 16.6. The fourth-order valence-corrected chi connectivity index (χ4v) is 2.94. The van der Waals surface area contributed by atoms with Gasteiger partial charge < -0.3 is 14.6 Å². The molecular weight excluding hydrogens is 306 g/mol. The molecule has 0 aliphatic carbocycles. The highest BCUT2D eigenvalue weighted by molar-refractivity contribution is 6.04. The molecule has 1 N–H and O–H groups in total. The van der Waals surface area contributed by atoms with E-state index in [0.717, 1.165) is 11.1 Å². The molecule has 0 atom stereocenters. The summed E-state index contributed by atoms with van der Waals surface area (Å²) in [6, 6.07) is 12.8. The Morgan fingerprint density at radius 3 is 2.50 bits per heavy atom. The zero-order chi connectivity index (χ0) is 16.7. The van der Waals surface area contributed by atoms with Crippen molar-refractivity contribution in [1.29, 1.82) is 0 Å². The van der Waals surface area contributed by atoms with Gasteiger partial charge in [0.15, 0.2) is 11.5 Å². The van der Waals surface area contributed by atoms with Crippen molar-refractivity contribution in [3.63, 3.8) is 0 Å². The van der Waals surface area contributed by atoms with Crippen LogP contribution in [0.15, 0.2) is 42.5 Å². The van der Waals surface area contributed by atoms with Gasteiger partial charge in [0.1, 0.15) is 13.2 Å². The number of aromatic nitrogens is 1. The van der Waals surface area contributed by atoms with Gasteiger partial charge >= 0.3 is 5.97 Å². The van der Waals surface area contributed by atoms with Crippen molar-refractivity contribution in [1.82, 2.24) is 4.98 Å². The second-order valence-corrected chi connectivity index (χ2v) is 5.69. The Morgan fingerprint density at radius 1 is 1.08 bits per heavy atom. The first kappa shape index (κ1) is 14.5. The molecule has 24 heavy (non-hydrogen) atoms. The van der Waals surface area contributed by atoms with Crippen molar-refractivity contribution in [3.05, 3.63) is 53.6 Å². The molecular formula is C19H15NO4. The van der Waals surface area contributed by atoms with Gasteiger partial charge in [0.05, 0.1) is 16.8 Å². The zero-order valence-corrected chi connectivity index (χ0v) is 13.1. The van der Waals surface area contributed by atoms with Crippen molar-refractivity contribution in [3.8, 4) is 22.8 Å². The minimum absolute atomic E-state index is 0.204. The summed E-state index contributed by atoms with van der Waals surface area (Å²) in [6.07, 6.45) is 0. The van der Waals surface area contributed by atoms with Crippen LogP contribution in [-0.4, -0.2) is 29.3 Å². The fourth-order valence-electron chi connectivity index (χ4n) is 2.94. The van der Waals surface area contributed by atoms with Crippen LogP contribution in [0.3, 0.4) is 0 Å². The highest BCUT2D eigenvalue weighted by Crippen LogP contribution is 2.36. The van der Waals surface area contributed by atoms with Crippen LogP contribution in [0.4, 0.5) is 0 Å². The number of hydrogen-bond donors (Lipinski definition) is 1. The predicted octanol–water partition coefficient (Wildman–Crippen LogP) is 3.68. The average molecular weight is 321 g/mol. The summed E-state index contributed by atoms with van der Waals surface area (Å²) in [6.45, 7) is 2.91. The van der Waals surface area contributed by atoms with Gasteiger partial charge in [0.2, 0.25) is 0 Å². The molecule has 0 radical (unpaired) electrons. The van der Waals surface area contributed by atoms with E-state index in [1.807, 2.05) is 31.2 Å². The van der Waals surface area contributed by atoms with Crippen LogP contribution in [0, 0.1) is 6.92 Å². The third-order valence-electron chi connectivity index (χ3n) is 4.12. The molecule has 0 fully saturated rings. The van der Waals surface area contributed by atoms with Crippen molar-refractivity contribution < 1.29 is 19.4 Å². The van der Waals surface area contributed by atoms with Crippen LogP contribution < -0.4 is 9.47 Å². The van der Waals surface area contributed by atoms with Crippen molar-refractivity contribution in [2.24, 2.45) is 0 Å². The van der Waals surface area contributed by atoms with Gasteiger partial charge in [-0.25, -0.2) is 9.78 Å². The first-order valence-electron chi connectivity index (χ1n) is 7.67. The molecule has 4 rings (SSSR count). The molecule has 1 aromatic heterocycles. The summed E-state index contributed by atoms with van der Waals surface area (Å²) in [5.41, 5.74) is 3.37. The van der Waals surface area contributed by atoms with Gasteiger partial charge in [-0.2, -0.15) is 0 Å². The standard InChI is InChI=1S/C19H15NO4/c1-11-4-2-3-5-12(11)15-8-14(19(21)22)13-9-17-18(10-16(13)20-15)24-7-6-23-17/h2-5,8-10H,6-7H2,1H3,(H,21,22). The van der Waals surface area contributed by atoms with Gasteiger partial charge in [-0.3, -0.25) is 0 Å². The maximum Gasteiger partial charge on any atom is 0.336 e. The van der Waals surface area contributed by atoms with E-state index in [-0.39, 0.29) is 5.56 Å². The van der Waals surface area contributed by atoms with E-state index in [0.29, 0.717) is 41.3 Å². The molecule has 2 heterocycles. The van der Waals surface area contributed by atoms with Gasteiger partial charge in [-0.05, 0) is 24.6 Å². The van der Waals surface area contributed by atoms with Gasteiger partial charge in [0, 0.05) is 17.0 Å². The number of nitrogens with zero attached hydrogens (tertiary/aromatic N) is 1. The number of benzene rings is 2. The van der Waals surface area contributed by atoms with Crippen molar-refractivity contribution in [2.45, 2.75) is 6.92 Å². The summed E-state index contributed by atoms with van der Waals surface area (Å²) in [5, 5.41) is 10.2. The molecule has 0 bridgehead atoms. The number of aryl methyl sites for hydroxylation is 1. The first-order valence-corrected chi connectivity index (χ1v) is 7.67. The number of fused-ring (bicyclic) bond motifs is 2. The monoisotopic (exact) mass is 321 g/mol. The first-order chi connectivity index (χ1) is 11.6. The molecule has 120 valence electrons. The number of carboxylic acid groups (broad SMARTS) is 1. The van der Waals surface area contributed by atoms with E-state index >= 15 is 0 Å². The molecule has 0 saturated heterocycles. The molecule has 2 aromatic carbocycles. The smallest absolute Gasteiger partial charge is 0.336 e. The lowest BCUT2D eigenvalue weighted by Gasteiger charge is -2.19. The lowest BCUT2D eigenvalue weighted by molar-refractivity contribution is 0.0699. The van der Waals surface area contributed by atoms with E-state index in [9.17, 15) is 9.90 Å². The minimum Gasteiger partial charge on any atom is -0.486 e. The van der Waals surface area contributed by atoms with Crippen molar-refractivity contribution >= 4 is 16.9 Å². The van der Waals surface area contributed by atoms with Crippen molar-refractivity contribution in [2.75, 3.05) is 13.2 Å². The molecule has 0 unspecified atom stereocenters. The van der Waals surface area contributed by atoms with Crippen LogP contribution >= 0.6 is 0 Å². The summed E-state index contributed by atoms with van der Waals surface area (Å²) in [5.74, 6) is 0.162. The fraction of sp³-hybridized carbons (Fsp3) is 0.158.